The second-order valence-electron chi connectivity index (χ2n) is 8.65. The van der Waals surface area contributed by atoms with Gasteiger partial charge in [0.1, 0.15) is 11.3 Å². The molecule has 0 unspecified atom stereocenters. The molecule has 32 heavy (non-hydrogen) atoms. The normalized spacial score (nSPS) is 17.2. The van der Waals surface area contributed by atoms with Crippen molar-refractivity contribution in [1.82, 2.24) is 19.4 Å². The van der Waals surface area contributed by atoms with Crippen LogP contribution in [-0.4, -0.2) is 42.0 Å². The van der Waals surface area contributed by atoms with Gasteiger partial charge in [-0.15, -0.1) is 0 Å². The molecule has 8 nitrogen and oxygen atoms in total. The van der Waals surface area contributed by atoms with Crippen LogP contribution in [-0.2, 0) is 13.1 Å². The molecule has 2 aromatic carbocycles. The van der Waals surface area contributed by atoms with Gasteiger partial charge in [0, 0.05) is 5.39 Å². The fraction of sp³-hybridized carbons (Fsp3) is 0.250. The van der Waals surface area contributed by atoms with Crippen LogP contribution in [0.3, 0.4) is 0 Å². The third kappa shape index (κ3) is 2.66. The van der Waals surface area contributed by atoms with Gasteiger partial charge in [-0.3, -0.25) is 14.5 Å². The van der Waals surface area contributed by atoms with Crippen LogP contribution in [0.4, 0.5) is 5.82 Å². The summed E-state index contributed by atoms with van der Waals surface area (Å²) in [4.78, 5) is 36.3. The first-order valence-corrected chi connectivity index (χ1v) is 10.7. The van der Waals surface area contributed by atoms with E-state index in [1.807, 2.05) is 28.8 Å². The molecule has 3 heterocycles. The zero-order valence-corrected chi connectivity index (χ0v) is 17.3. The molecule has 2 amide bonds. The Labute approximate surface area is 183 Å². The maximum absolute atomic E-state index is 13.0. The van der Waals surface area contributed by atoms with Crippen LogP contribution in [0.1, 0.15) is 45.8 Å². The number of imide groups is 1. The maximum atomic E-state index is 13.0. The van der Waals surface area contributed by atoms with Crippen molar-refractivity contribution in [2.24, 2.45) is 0 Å². The Hall–Kier alpha value is -3.78. The number of anilines is 1. The number of nitrogens with zero attached hydrogens (tertiary/aromatic N) is 4. The van der Waals surface area contributed by atoms with Gasteiger partial charge in [0.25, 0.3) is 11.8 Å². The molecule has 0 atom stereocenters. The molecule has 160 valence electrons. The van der Waals surface area contributed by atoms with Crippen LogP contribution < -0.4 is 5.73 Å². The van der Waals surface area contributed by atoms with Gasteiger partial charge in [-0.05, 0) is 37.5 Å². The number of fused-ring (bicyclic) bond motifs is 4. The lowest BCUT2D eigenvalue weighted by molar-refractivity contribution is -0.0471. The lowest BCUT2D eigenvalue weighted by atomic mass is 9.80. The monoisotopic (exact) mass is 427 g/mol. The molecule has 0 bridgehead atoms. The Morgan fingerprint density at radius 1 is 0.969 bits per heavy atom. The molecule has 1 saturated carbocycles. The van der Waals surface area contributed by atoms with Crippen LogP contribution in [0.25, 0.3) is 21.9 Å². The van der Waals surface area contributed by atoms with Gasteiger partial charge in [0.15, 0.2) is 5.82 Å². The molecule has 0 radical (unpaired) electrons. The third-order valence-corrected chi connectivity index (χ3v) is 6.60. The predicted octanol–water partition coefficient (Wildman–Crippen LogP) is 2.88. The van der Waals surface area contributed by atoms with Gasteiger partial charge in [0.05, 0.1) is 40.9 Å². The Bertz CT molecular complexity index is 1400. The summed E-state index contributed by atoms with van der Waals surface area (Å²) in [7, 11) is 0. The van der Waals surface area contributed by atoms with E-state index in [1.54, 1.807) is 24.3 Å². The number of imidazole rings is 1. The number of aromatic nitrogens is 3. The molecule has 1 aliphatic heterocycles. The average Bonchev–Trinajstić information content (AvgIpc) is 3.25. The summed E-state index contributed by atoms with van der Waals surface area (Å²) in [6, 6.07) is 14.4. The van der Waals surface area contributed by atoms with Crippen molar-refractivity contribution < 1.29 is 14.7 Å². The zero-order valence-electron chi connectivity index (χ0n) is 17.3. The standard InChI is InChI=1S/C24H21N5O3/c25-21-19-20(16-8-3-4-9-17(16)26-21)29(13-24(32)10-5-11-24)18(27-19)12-28-22(30)14-6-1-2-7-15(14)23(28)31/h1-4,6-9,32H,5,10-13H2,(H2,25,26). The fourth-order valence-electron chi connectivity index (χ4n) is 4.76. The van der Waals surface area contributed by atoms with Crippen molar-refractivity contribution >= 4 is 39.6 Å². The van der Waals surface area contributed by atoms with E-state index in [-0.39, 0.29) is 24.2 Å². The van der Waals surface area contributed by atoms with Crippen molar-refractivity contribution in [1.29, 1.82) is 0 Å². The molecule has 0 saturated heterocycles. The van der Waals surface area contributed by atoms with Gasteiger partial charge < -0.3 is 15.4 Å². The molecule has 1 fully saturated rings. The first-order valence-electron chi connectivity index (χ1n) is 10.7. The molecule has 6 rings (SSSR count). The lowest BCUT2D eigenvalue weighted by Gasteiger charge is -2.37. The molecule has 3 N–H and O–H groups in total. The number of hydrogen-bond acceptors (Lipinski definition) is 6. The van der Waals surface area contributed by atoms with E-state index < -0.39 is 5.60 Å². The Kier molecular flexibility index (Phi) is 3.91. The highest BCUT2D eigenvalue weighted by molar-refractivity contribution is 6.21. The highest BCUT2D eigenvalue weighted by Crippen LogP contribution is 2.37. The fourth-order valence-corrected chi connectivity index (χ4v) is 4.76. The molecule has 2 aromatic heterocycles. The molecular weight excluding hydrogens is 406 g/mol. The van der Waals surface area contributed by atoms with Crippen molar-refractivity contribution in [3.63, 3.8) is 0 Å². The minimum absolute atomic E-state index is 0.00905. The van der Waals surface area contributed by atoms with Crippen LogP contribution in [0.5, 0.6) is 0 Å². The highest BCUT2D eigenvalue weighted by atomic mass is 16.3. The van der Waals surface area contributed by atoms with E-state index in [9.17, 15) is 14.7 Å². The summed E-state index contributed by atoms with van der Waals surface area (Å²) in [5.74, 6) is 0.0892. The molecular formula is C24H21N5O3. The number of benzene rings is 2. The number of hydrogen-bond donors (Lipinski definition) is 2. The number of aliphatic hydroxyl groups is 1. The first-order chi connectivity index (χ1) is 15.5. The number of rotatable bonds is 4. The predicted molar refractivity (Wildman–Crippen MR) is 119 cm³/mol. The summed E-state index contributed by atoms with van der Waals surface area (Å²) < 4.78 is 1.92. The van der Waals surface area contributed by atoms with Crippen LogP contribution in [0, 0.1) is 0 Å². The first kappa shape index (κ1) is 18.9. The summed E-state index contributed by atoms with van der Waals surface area (Å²) >= 11 is 0. The van der Waals surface area contributed by atoms with Crippen molar-refractivity contribution in [3.8, 4) is 0 Å². The van der Waals surface area contributed by atoms with E-state index in [4.69, 9.17) is 10.7 Å². The van der Waals surface area contributed by atoms with Crippen LogP contribution in [0.15, 0.2) is 48.5 Å². The number of carbonyl (C=O) groups excluding carboxylic acids is 2. The van der Waals surface area contributed by atoms with E-state index in [0.717, 1.165) is 22.8 Å². The maximum Gasteiger partial charge on any atom is 0.261 e. The summed E-state index contributed by atoms with van der Waals surface area (Å²) in [6.07, 6.45) is 2.34. The Balaban J connectivity index is 1.52. The smallest absolute Gasteiger partial charge is 0.261 e. The van der Waals surface area contributed by atoms with E-state index in [0.29, 0.717) is 41.9 Å². The average molecular weight is 427 g/mol. The van der Waals surface area contributed by atoms with Gasteiger partial charge in [-0.2, -0.15) is 0 Å². The van der Waals surface area contributed by atoms with Crippen molar-refractivity contribution in [2.45, 2.75) is 38.0 Å². The van der Waals surface area contributed by atoms with E-state index in [1.165, 1.54) is 4.90 Å². The molecule has 4 aromatic rings. The molecule has 8 heteroatoms. The lowest BCUT2D eigenvalue weighted by Crippen LogP contribution is -2.42. The zero-order chi connectivity index (χ0) is 22.0. The van der Waals surface area contributed by atoms with E-state index >= 15 is 0 Å². The quantitative estimate of drug-likeness (QED) is 0.484. The SMILES string of the molecule is Nc1nc2ccccc2c2c1nc(CN1C(=O)c3ccccc3C1=O)n2CC1(O)CCC1. The second-order valence-corrected chi connectivity index (χ2v) is 8.65. The van der Waals surface area contributed by atoms with Crippen molar-refractivity contribution in [2.75, 3.05) is 5.73 Å². The van der Waals surface area contributed by atoms with Crippen LogP contribution >= 0.6 is 0 Å². The van der Waals surface area contributed by atoms with Crippen LogP contribution in [0.2, 0.25) is 0 Å². The Morgan fingerprint density at radius 2 is 1.62 bits per heavy atom. The van der Waals surface area contributed by atoms with Gasteiger partial charge in [-0.25, -0.2) is 9.97 Å². The summed E-state index contributed by atoms with van der Waals surface area (Å²) in [5.41, 5.74) is 8.20. The van der Waals surface area contributed by atoms with E-state index in [2.05, 4.69) is 4.98 Å². The minimum Gasteiger partial charge on any atom is -0.388 e. The van der Waals surface area contributed by atoms with Gasteiger partial charge >= 0.3 is 0 Å². The third-order valence-electron chi connectivity index (χ3n) is 6.60. The number of nitrogen functional groups attached to an aromatic ring is 1. The summed E-state index contributed by atoms with van der Waals surface area (Å²) in [5, 5.41) is 11.8. The number of amides is 2. The topological polar surface area (TPSA) is 114 Å². The molecule has 0 spiro atoms. The minimum atomic E-state index is -0.844. The number of para-hydroxylation sites is 1. The Morgan fingerprint density at radius 3 is 2.28 bits per heavy atom. The van der Waals surface area contributed by atoms with Gasteiger partial charge in [0.2, 0.25) is 0 Å². The number of pyridine rings is 1. The molecule has 2 aliphatic rings. The largest absolute Gasteiger partial charge is 0.388 e. The molecule has 1 aliphatic carbocycles. The highest BCUT2D eigenvalue weighted by Gasteiger charge is 2.39. The second kappa shape index (κ2) is 6.61. The summed E-state index contributed by atoms with van der Waals surface area (Å²) in [6.45, 7) is 0.306. The number of nitrogens with two attached hydrogens (primary N) is 1. The van der Waals surface area contributed by atoms with Crippen molar-refractivity contribution in [3.05, 3.63) is 65.5 Å². The number of carbonyl (C=O) groups is 2. The van der Waals surface area contributed by atoms with Gasteiger partial charge in [-0.1, -0.05) is 30.3 Å².